The van der Waals surface area contributed by atoms with Crippen LogP contribution in [0.25, 0.3) is 0 Å². The summed E-state index contributed by atoms with van der Waals surface area (Å²) in [5, 5.41) is 0. The van der Waals surface area contributed by atoms with Crippen molar-refractivity contribution in [2.45, 2.75) is 25.7 Å². The van der Waals surface area contributed by atoms with Crippen molar-refractivity contribution < 1.29 is 4.79 Å². The summed E-state index contributed by atoms with van der Waals surface area (Å²) < 4.78 is 0. The fraction of sp³-hybridized carbons (Fsp3) is 0.733. The van der Waals surface area contributed by atoms with Gasteiger partial charge in [0, 0.05) is 45.2 Å². The summed E-state index contributed by atoms with van der Waals surface area (Å²) in [6.45, 7) is 8.22. The van der Waals surface area contributed by atoms with E-state index in [4.69, 9.17) is 11.5 Å². The molecule has 7 heteroatoms. The minimum atomic E-state index is -0.175. The maximum absolute atomic E-state index is 12.1. The number of nitrogens with zero attached hydrogens (tertiary/aromatic N) is 3. The monoisotopic (exact) mass is 325 g/mol. The Hall–Kier alpha value is -1.47. The van der Waals surface area contributed by atoms with Crippen LogP contribution in [-0.4, -0.2) is 67.7 Å². The molecule has 0 bridgehead atoms. The second-order valence-electron chi connectivity index (χ2n) is 5.60. The molecule has 1 aliphatic rings. The van der Waals surface area contributed by atoms with E-state index < -0.39 is 0 Å². The number of nitrogens with two attached hydrogens (primary N) is 2. The van der Waals surface area contributed by atoms with Crippen LogP contribution in [0.1, 0.15) is 25.7 Å². The summed E-state index contributed by atoms with van der Waals surface area (Å²) >= 11 is 0. The Kier molecular flexibility index (Phi) is 8.69. The minimum absolute atomic E-state index is 0.135. The van der Waals surface area contributed by atoms with E-state index in [1.807, 2.05) is 4.90 Å². The molecular formula is C15H28N5OP. The minimum Gasteiger partial charge on any atom is -0.370 e. The summed E-state index contributed by atoms with van der Waals surface area (Å²) in [5.41, 5.74) is 13.7. The number of hydrogen-bond acceptors (Lipinski definition) is 3. The first-order chi connectivity index (χ1) is 10.5. The largest absolute Gasteiger partial charge is 0.370 e. The molecule has 124 valence electrons. The van der Waals surface area contributed by atoms with Crippen LogP contribution in [0.5, 0.6) is 0 Å². The van der Waals surface area contributed by atoms with Gasteiger partial charge in [0.05, 0.1) is 0 Å². The fourth-order valence-corrected chi connectivity index (χ4v) is 2.51. The highest BCUT2D eigenvalue weighted by Gasteiger charge is 2.19. The van der Waals surface area contributed by atoms with E-state index in [0.717, 1.165) is 45.4 Å². The van der Waals surface area contributed by atoms with Gasteiger partial charge in [-0.05, 0) is 34.1 Å². The lowest BCUT2D eigenvalue weighted by atomic mass is 10.1. The number of piperazine rings is 1. The molecular weight excluding hydrogens is 297 g/mol. The molecule has 1 saturated heterocycles. The Morgan fingerprint density at radius 2 is 1.82 bits per heavy atom. The average molecular weight is 325 g/mol. The van der Waals surface area contributed by atoms with Gasteiger partial charge in [-0.15, -0.1) is 0 Å². The Morgan fingerprint density at radius 1 is 1.14 bits per heavy atom. The molecule has 0 aliphatic carbocycles. The number of amides is 1. The van der Waals surface area contributed by atoms with Crippen LogP contribution in [0.2, 0.25) is 0 Å². The van der Waals surface area contributed by atoms with Gasteiger partial charge in [0.2, 0.25) is 5.91 Å². The maximum atomic E-state index is 12.1. The molecule has 0 aromatic heterocycles. The maximum Gasteiger partial charge on any atom is 0.222 e. The second-order valence-corrected chi connectivity index (χ2v) is 7.62. The quantitative estimate of drug-likeness (QED) is 0.246. The van der Waals surface area contributed by atoms with E-state index in [0.29, 0.717) is 13.0 Å². The number of carbonyl (C=O) groups excluding carboxylic acids is 1. The first kappa shape index (κ1) is 18.6. The van der Waals surface area contributed by atoms with Gasteiger partial charge in [-0.25, -0.2) is 0 Å². The Morgan fingerprint density at radius 3 is 2.41 bits per heavy atom. The Balaban J connectivity index is 2.15. The molecule has 0 unspecified atom stereocenters. The van der Waals surface area contributed by atoms with E-state index in [1.54, 1.807) is 0 Å². The number of unbranched alkanes of at least 4 members (excludes halogenated alkanes) is 2. The summed E-state index contributed by atoms with van der Waals surface area (Å²) in [7, 11) is -0.175. The molecule has 1 aliphatic heterocycles. The van der Waals surface area contributed by atoms with E-state index >= 15 is 0 Å². The highest BCUT2D eigenvalue weighted by molar-refractivity contribution is 7.61. The third-order valence-electron chi connectivity index (χ3n) is 3.41. The number of guanidine groups is 1. The zero-order valence-electron chi connectivity index (χ0n) is 13.7. The van der Waals surface area contributed by atoms with Gasteiger partial charge in [-0.1, -0.05) is 12.1 Å². The van der Waals surface area contributed by atoms with Gasteiger partial charge in [0.25, 0.3) is 0 Å². The number of rotatable bonds is 6. The van der Waals surface area contributed by atoms with E-state index in [-0.39, 0.29) is 19.8 Å². The van der Waals surface area contributed by atoms with Crippen LogP contribution >= 0.6 is 7.92 Å². The van der Waals surface area contributed by atoms with Crippen LogP contribution in [0.15, 0.2) is 4.99 Å². The van der Waals surface area contributed by atoms with E-state index in [1.165, 1.54) is 0 Å². The predicted octanol–water partition coefficient (Wildman–Crippen LogP) is 0.624. The van der Waals surface area contributed by atoms with Gasteiger partial charge in [0.1, 0.15) is 0 Å². The zero-order valence-corrected chi connectivity index (χ0v) is 14.6. The summed E-state index contributed by atoms with van der Waals surface area (Å²) in [6, 6.07) is 3.20. The first-order valence-electron chi connectivity index (χ1n) is 7.76. The molecule has 0 atom stereocenters. The fourth-order valence-electron chi connectivity index (χ4n) is 2.17. The molecule has 1 amide bonds. The molecule has 0 spiro atoms. The van der Waals surface area contributed by atoms with Crippen molar-refractivity contribution in [2.24, 2.45) is 16.5 Å². The van der Waals surface area contributed by atoms with E-state index in [9.17, 15) is 4.79 Å². The van der Waals surface area contributed by atoms with Crippen molar-refractivity contribution in [1.29, 1.82) is 0 Å². The molecule has 0 aromatic rings. The zero-order chi connectivity index (χ0) is 16.4. The normalized spacial score (nSPS) is 14.5. The molecule has 1 fully saturated rings. The molecule has 1 heterocycles. The first-order valence-corrected chi connectivity index (χ1v) is 9.99. The summed E-state index contributed by atoms with van der Waals surface area (Å²) in [5.74, 6) is 0.387. The second kappa shape index (κ2) is 10.3. The van der Waals surface area contributed by atoms with Crippen LogP contribution in [0.3, 0.4) is 0 Å². The van der Waals surface area contributed by atoms with Crippen LogP contribution < -0.4 is 11.5 Å². The lowest BCUT2D eigenvalue weighted by Crippen LogP contribution is -2.46. The molecule has 4 N–H and O–H groups in total. The topological polar surface area (TPSA) is 87.9 Å². The van der Waals surface area contributed by atoms with Crippen LogP contribution in [0, 0.1) is 11.7 Å². The predicted molar refractivity (Wildman–Crippen MR) is 93.8 cm³/mol. The summed E-state index contributed by atoms with van der Waals surface area (Å²) in [4.78, 5) is 20.1. The highest BCUT2D eigenvalue weighted by atomic mass is 31.1. The van der Waals surface area contributed by atoms with Gasteiger partial charge < -0.3 is 21.3 Å². The van der Waals surface area contributed by atoms with Crippen molar-refractivity contribution in [3.8, 4) is 11.7 Å². The van der Waals surface area contributed by atoms with Gasteiger partial charge in [0.15, 0.2) is 5.96 Å². The lowest BCUT2D eigenvalue weighted by Gasteiger charge is -2.32. The Bertz CT molecular complexity index is 429. The molecule has 1 rings (SSSR count). The summed E-state index contributed by atoms with van der Waals surface area (Å²) in [6.07, 6.45) is 3.41. The van der Waals surface area contributed by atoms with Gasteiger partial charge in [-0.2, -0.15) is 0 Å². The lowest BCUT2D eigenvalue weighted by molar-refractivity contribution is -0.132. The van der Waals surface area contributed by atoms with Crippen molar-refractivity contribution in [3.63, 3.8) is 0 Å². The van der Waals surface area contributed by atoms with E-state index in [2.05, 4.69) is 34.9 Å². The Labute approximate surface area is 135 Å². The van der Waals surface area contributed by atoms with Gasteiger partial charge >= 0.3 is 0 Å². The average Bonchev–Trinajstić information content (AvgIpc) is 2.48. The molecule has 0 radical (unpaired) electrons. The standard InChI is InChI=1S/C15H28N5OP/c1-22(2)13-12-19-8-10-20(11-9-19)14(21)6-4-3-5-7-18-15(16)17/h3-11H2,1-2H3,(H4,16,17,18). The third kappa shape index (κ3) is 8.09. The third-order valence-corrected chi connectivity index (χ3v) is 3.95. The number of hydrogen-bond donors (Lipinski definition) is 2. The van der Waals surface area contributed by atoms with Crippen molar-refractivity contribution in [3.05, 3.63) is 0 Å². The van der Waals surface area contributed by atoms with Crippen molar-refractivity contribution in [1.82, 2.24) is 9.80 Å². The number of carbonyl (C=O) groups is 1. The number of aliphatic imine (C=N–C) groups is 1. The van der Waals surface area contributed by atoms with Crippen molar-refractivity contribution in [2.75, 3.05) is 46.1 Å². The molecule has 0 aromatic carbocycles. The molecule has 6 nitrogen and oxygen atoms in total. The molecule has 22 heavy (non-hydrogen) atoms. The SMILES string of the molecule is CP(C)C#CN1CCN(C(=O)CCCCCN=C(N)N)CC1. The van der Waals surface area contributed by atoms with Crippen LogP contribution in [0.4, 0.5) is 0 Å². The van der Waals surface area contributed by atoms with Crippen molar-refractivity contribution >= 4 is 19.8 Å². The smallest absolute Gasteiger partial charge is 0.222 e. The van der Waals surface area contributed by atoms with Crippen LogP contribution in [-0.2, 0) is 4.79 Å². The van der Waals surface area contributed by atoms with Gasteiger partial charge in [-0.3, -0.25) is 9.79 Å². The molecule has 0 saturated carbocycles. The highest BCUT2D eigenvalue weighted by Crippen LogP contribution is 2.21.